The quantitative estimate of drug-likeness (QED) is 0.536. The molecular weight excluding hydrogens is 235 g/mol. The lowest BCUT2D eigenvalue weighted by Gasteiger charge is -2.49. The topological polar surface area (TPSA) is 43.4 Å². The van der Waals surface area contributed by atoms with Gasteiger partial charge in [-0.25, -0.2) is 0 Å². The van der Waals surface area contributed by atoms with Gasteiger partial charge < -0.3 is 9.30 Å². The van der Waals surface area contributed by atoms with Crippen LogP contribution in [0.25, 0.3) is 0 Å². The average Bonchev–Trinajstić information content (AvgIpc) is 2.17. The molecule has 3 nitrogen and oxygen atoms in total. The Morgan fingerprint density at radius 3 is 2.47 bits per heavy atom. The van der Waals surface area contributed by atoms with Crippen molar-refractivity contribution in [3.05, 3.63) is 0 Å². The molecule has 1 saturated heterocycles. The third kappa shape index (κ3) is 2.59. The van der Waals surface area contributed by atoms with Crippen molar-refractivity contribution >= 4 is 13.1 Å². The van der Waals surface area contributed by atoms with Crippen molar-refractivity contribution in [2.75, 3.05) is 19.0 Å². The number of hydrogen-bond donors (Lipinski definition) is 0. The van der Waals surface area contributed by atoms with Crippen LogP contribution < -0.4 is 0 Å². The number of carbonyl (C=O) groups is 1. The number of ether oxygens (including phenoxy) is 1. The second-order valence-electron chi connectivity index (χ2n) is 6.19. The lowest BCUT2D eigenvalue weighted by molar-refractivity contribution is -0.154. The number of hydrogen-bond acceptors (Lipinski definition) is 3. The van der Waals surface area contributed by atoms with E-state index in [0.29, 0.717) is 23.7 Å². The molecule has 0 N–H and O–H groups in total. The predicted octanol–water partition coefficient (Wildman–Crippen LogP) is 2.83. The molecular formula is C13H23O3P. The largest absolute Gasteiger partial charge is 0.462 e. The van der Waals surface area contributed by atoms with Crippen molar-refractivity contribution in [2.45, 2.75) is 33.3 Å². The van der Waals surface area contributed by atoms with Crippen LogP contribution in [-0.2, 0) is 14.1 Å². The third-order valence-electron chi connectivity index (χ3n) is 4.75. The van der Waals surface area contributed by atoms with Crippen LogP contribution in [-0.4, -0.2) is 31.1 Å². The van der Waals surface area contributed by atoms with Gasteiger partial charge in [0.2, 0.25) is 0 Å². The molecule has 0 aromatic carbocycles. The van der Waals surface area contributed by atoms with E-state index >= 15 is 0 Å². The molecule has 6 atom stereocenters. The number of fused-ring (bicyclic) bond motifs is 2. The number of esters is 1. The molecule has 0 aromatic heterocycles. The van der Waals surface area contributed by atoms with Gasteiger partial charge in [0.05, 0.1) is 7.14 Å². The Bertz CT molecular complexity index is 366. The van der Waals surface area contributed by atoms with Gasteiger partial charge in [-0.3, -0.25) is 4.79 Å². The maximum absolute atomic E-state index is 12.4. The summed E-state index contributed by atoms with van der Waals surface area (Å²) in [4.78, 5) is 11.1. The van der Waals surface area contributed by atoms with Crippen molar-refractivity contribution in [1.29, 1.82) is 0 Å². The summed E-state index contributed by atoms with van der Waals surface area (Å²) in [6.07, 6.45) is 2.62. The summed E-state index contributed by atoms with van der Waals surface area (Å²) in [5.41, 5.74) is 0. The zero-order valence-electron chi connectivity index (χ0n) is 11.2. The van der Waals surface area contributed by atoms with E-state index in [1.807, 2.05) is 6.66 Å². The van der Waals surface area contributed by atoms with Gasteiger partial charge in [0, 0.05) is 19.2 Å². The van der Waals surface area contributed by atoms with Gasteiger partial charge in [0.15, 0.2) is 0 Å². The Balaban J connectivity index is 2.17. The molecule has 98 valence electrons. The monoisotopic (exact) mass is 258 g/mol. The zero-order valence-corrected chi connectivity index (χ0v) is 12.1. The number of rotatable bonds is 1. The molecule has 6 unspecified atom stereocenters. The smallest absolute Gasteiger partial charge is 0.302 e. The molecule has 0 aromatic rings. The molecule has 1 aliphatic heterocycles. The molecule has 2 aliphatic rings. The molecule has 0 amide bonds. The van der Waals surface area contributed by atoms with Gasteiger partial charge in [-0.05, 0) is 36.8 Å². The summed E-state index contributed by atoms with van der Waals surface area (Å²) in [6.45, 7) is 7.84. The fourth-order valence-corrected chi connectivity index (χ4v) is 6.97. The van der Waals surface area contributed by atoms with Crippen molar-refractivity contribution in [1.82, 2.24) is 0 Å². The molecule has 4 heteroatoms. The molecule has 0 radical (unpaired) electrons. The predicted molar refractivity (Wildman–Crippen MR) is 68.7 cm³/mol. The molecule has 2 fully saturated rings. The highest BCUT2D eigenvalue weighted by molar-refractivity contribution is 7.63. The highest BCUT2D eigenvalue weighted by Gasteiger charge is 2.48. The van der Waals surface area contributed by atoms with Crippen LogP contribution in [0.2, 0.25) is 0 Å². The standard InChI is InChI=1S/C13H23O3P/c1-8-11-5-13(16-10(3)14)9(2)12(8)7-17(4,15)6-11/h8-9,11-13H,5-7H2,1-4H3. The Kier molecular flexibility index (Phi) is 3.42. The maximum Gasteiger partial charge on any atom is 0.302 e. The van der Waals surface area contributed by atoms with E-state index in [4.69, 9.17) is 4.74 Å². The summed E-state index contributed by atoms with van der Waals surface area (Å²) < 4.78 is 17.8. The fraction of sp³-hybridized carbons (Fsp3) is 0.923. The van der Waals surface area contributed by atoms with E-state index < -0.39 is 7.14 Å². The second kappa shape index (κ2) is 4.42. The molecule has 1 heterocycles. The lowest BCUT2D eigenvalue weighted by Crippen LogP contribution is -2.48. The van der Waals surface area contributed by atoms with E-state index in [0.717, 1.165) is 18.7 Å². The van der Waals surface area contributed by atoms with Crippen molar-refractivity contribution < 1.29 is 14.1 Å². The Morgan fingerprint density at radius 1 is 1.24 bits per heavy atom. The van der Waals surface area contributed by atoms with Gasteiger partial charge in [0.25, 0.3) is 0 Å². The minimum atomic E-state index is -1.94. The fourth-order valence-electron chi connectivity index (χ4n) is 3.79. The van der Waals surface area contributed by atoms with Gasteiger partial charge in [0.1, 0.15) is 6.10 Å². The van der Waals surface area contributed by atoms with E-state index in [-0.39, 0.29) is 12.1 Å². The van der Waals surface area contributed by atoms with Gasteiger partial charge in [-0.2, -0.15) is 0 Å². The van der Waals surface area contributed by atoms with Crippen molar-refractivity contribution in [3.8, 4) is 0 Å². The Labute approximate surface area is 104 Å². The highest BCUT2D eigenvalue weighted by Crippen LogP contribution is 2.58. The SMILES string of the molecule is CC(=O)OC1CC2CP(C)(=O)CC(C2C)C1C. The number of carbonyl (C=O) groups excluding carboxylic acids is 1. The minimum absolute atomic E-state index is 0.0407. The van der Waals surface area contributed by atoms with E-state index in [1.165, 1.54) is 6.92 Å². The first-order valence-electron chi connectivity index (χ1n) is 6.53. The minimum Gasteiger partial charge on any atom is -0.462 e. The Hall–Kier alpha value is -0.300. The van der Waals surface area contributed by atoms with Gasteiger partial charge in [-0.15, -0.1) is 0 Å². The van der Waals surface area contributed by atoms with Gasteiger partial charge >= 0.3 is 5.97 Å². The normalized spacial score (nSPS) is 49.8. The van der Waals surface area contributed by atoms with Crippen LogP contribution in [0.1, 0.15) is 27.2 Å². The van der Waals surface area contributed by atoms with E-state index in [2.05, 4.69) is 13.8 Å². The maximum atomic E-state index is 12.4. The lowest BCUT2D eigenvalue weighted by atomic mass is 9.67. The van der Waals surface area contributed by atoms with E-state index in [1.54, 1.807) is 0 Å². The molecule has 2 rings (SSSR count). The summed E-state index contributed by atoms with van der Waals surface area (Å²) in [7, 11) is -1.94. The highest BCUT2D eigenvalue weighted by atomic mass is 31.2. The molecule has 2 bridgehead atoms. The van der Waals surface area contributed by atoms with Crippen LogP contribution in [0, 0.1) is 23.7 Å². The molecule has 1 saturated carbocycles. The van der Waals surface area contributed by atoms with Crippen LogP contribution >= 0.6 is 7.14 Å². The first-order chi connectivity index (χ1) is 7.80. The Morgan fingerprint density at radius 2 is 1.88 bits per heavy atom. The zero-order chi connectivity index (χ0) is 12.8. The third-order valence-corrected chi connectivity index (χ3v) is 7.19. The average molecular weight is 258 g/mol. The van der Waals surface area contributed by atoms with Gasteiger partial charge in [-0.1, -0.05) is 13.8 Å². The summed E-state index contributed by atoms with van der Waals surface area (Å²) >= 11 is 0. The summed E-state index contributed by atoms with van der Waals surface area (Å²) in [5, 5.41) is 0. The van der Waals surface area contributed by atoms with Crippen LogP contribution in [0.3, 0.4) is 0 Å². The van der Waals surface area contributed by atoms with E-state index in [9.17, 15) is 9.36 Å². The summed E-state index contributed by atoms with van der Waals surface area (Å²) in [5.74, 6) is 1.72. The molecule has 0 spiro atoms. The second-order valence-corrected chi connectivity index (χ2v) is 9.51. The molecule has 1 aliphatic carbocycles. The van der Waals surface area contributed by atoms with Crippen LogP contribution in [0.5, 0.6) is 0 Å². The van der Waals surface area contributed by atoms with Crippen LogP contribution in [0.15, 0.2) is 0 Å². The summed E-state index contributed by atoms with van der Waals surface area (Å²) in [6, 6.07) is 0. The molecule has 17 heavy (non-hydrogen) atoms. The first-order valence-corrected chi connectivity index (χ1v) is 9.05. The van der Waals surface area contributed by atoms with Crippen LogP contribution in [0.4, 0.5) is 0 Å². The first kappa shape index (κ1) is 13.1. The van der Waals surface area contributed by atoms with Crippen molar-refractivity contribution in [2.24, 2.45) is 23.7 Å². The van der Waals surface area contributed by atoms with Crippen molar-refractivity contribution in [3.63, 3.8) is 0 Å².